The molecule has 8 aromatic rings. The highest BCUT2D eigenvalue weighted by Gasteiger charge is 2.42. The maximum absolute atomic E-state index is 14.3. The SMILES string of the molecule is COc1cccc(OC)c1-n1c(-c2ccc(C)o2)nnc1N(CC[Si](C)(C)C)S(=O)(=O)[C@@H](C)[C@@H](O)c1cscn1.COc1cccc(OC)c1-n1c(-c2ccc(C)o2)nnc1N(CC[Si](C)(C)C)S(=O)(=O)[C@H](C)[C@H](O)c1cscn1. The zero-order valence-electron chi connectivity index (χ0n) is 47.3. The molecular weight excluding hydrogens is 1140 g/mol. The summed E-state index contributed by atoms with van der Waals surface area (Å²) in [6.07, 6.45) is -2.68. The van der Waals surface area contributed by atoms with Crippen molar-refractivity contribution in [3.8, 4) is 57.5 Å². The highest BCUT2D eigenvalue weighted by molar-refractivity contribution is 7.93. The predicted molar refractivity (Wildman–Crippen MR) is 316 cm³/mol. The van der Waals surface area contributed by atoms with Gasteiger partial charge in [0.2, 0.25) is 43.6 Å². The molecule has 4 atom stereocenters. The Labute approximate surface area is 477 Å². The second-order valence-corrected chi connectivity index (χ2v) is 38.3. The van der Waals surface area contributed by atoms with Crippen molar-refractivity contribution in [2.75, 3.05) is 50.1 Å². The molecule has 0 bridgehead atoms. The smallest absolute Gasteiger partial charge is 0.246 e. The molecule has 0 saturated heterocycles. The number of sulfonamides is 2. The molecule has 6 heterocycles. The van der Waals surface area contributed by atoms with Crippen LogP contribution in [0.2, 0.25) is 51.4 Å². The van der Waals surface area contributed by atoms with Gasteiger partial charge in [0.1, 0.15) is 68.6 Å². The number of hydrogen-bond donors (Lipinski definition) is 2. The Kier molecular flexibility index (Phi) is 19.3. The molecule has 80 heavy (non-hydrogen) atoms. The predicted octanol–water partition coefficient (Wildman–Crippen LogP) is 9.81. The summed E-state index contributed by atoms with van der Waals surface area (Å²) in [6.45, 7) is 19.8. The number of aryl methyl sites for hydroxylation is 2. The summed E-state index contributed by atoms with van der Waals surface area (Å²) in [4.78, 5) is 8.28. The monoisotopic (exact) mass is 1210 g/mol. The molecule has 0 radical (unpaired) electrons. The fourth-order valence-corrected chi connectivity index (χ4v) is 14.7. The molecule has 0 aliphatic carbocycles. The number of para-hydroxylation sites is 2. The summed E-state index contributed by atoms with van der Waals surface area (Å²) in [5.74, 6) is 4.37. The quantitative estimate of drug-likeness (QED) is 0.0533. The van der Waals surface area contributed by atoms with Crippen LogP contribution in [0.3, 0.4) is 0 Å². The van der Waals surface area contributed by atoms with Crippen LogP contribution in [-0.2, 0) is 20.0 Å². The summed E-state index contributed by atoms with van der Waals surface area (Å²) in [7, 11) is -5.80. The Morgan fingerprint density at radius 2 is 0.900 bits per heavy atom. The van der Waals surface area contributed by atoms with Gasteiger partial charge in [0, 0.05) is 40.0 Å². The van der Waals surface area contributed by atoms with Crippen LogP contribution in [0.1, 0.15) is 49.0 Å². The minimum atomic E-state index is -4.20. The summed E-state index contributed by atoms with van der Waals surface area (Å²) in [5.41, 5.74) is 4.54. The molecule has 0 unspecified atom stereocenters. The molecule has 0 aliphatic heterocycles. The van der Waals surface area contributed by atoms with Crippen molar-refractivity contribution >= 4 is 70.8 Å². The molecule has 22 nitrogen and oxygen atoms in total. The van der Waals surface area contributed by atoms with E-state index in [0.29, 0.717) is 80.9 Å². The molecule has 0 fully saturated rings. The Balaban J connectivity index is 0.000000231. The van der Waals surface area contributed by atoms with Gasteiger partial charge in [-0.1, -0.05) is 51.4 Å². The molecule has 0 amide bonds. The van der Waals surface area contributed by atoms with Crippen LogP contribution in [0.15, 0.2) is 91.3 Å². The van der Waals surface area contributed by atoms with Gasteiger partial charge in [-0.3, -0.25) is 9.13 Å². The first-order valence-electron chi connectivity index (χ1n) is 25.4. The Bertz CT molecular complexity index is 3280. The van der Waals surface area contributed by atoms with Gasteiger partial charge in [-0.15, -0.1) is 43.1 Å². The fraction of sp³-hybridized carbons (Fsp3) is 0.423. The topological polar surface area (TPSA) is 266 Å². The van der Waals surface area contributed by atoms with E-state index in [-0.39, 0.29) is 36.6 Å². The number of anilines is 2. The third-order valence-corrected chi connectivity index (χ3v) is 22.0. The number of aromatic nitrogens is 8. The highest BCUT2D eigenvalue weighted by Crippen LogP contribution is 2.43. The minimum Gasteiger partial charge on any atom is -0.494 e. The first-order valence-corrected chi connectivity index (χ1v) is 37.7. The summed E-state index contributed by atoms with van der Waals surface area (Å²) < 4.78 is 97.4. The van der Waals surface area contributed by atoms with Crippen LogP contribution < -0.4 is 27.6 Å². The second kappa shape index (κ2) is 25.2. The molecule has 0 saturated carbocycles. The maximum atomic E-state index is 14.3. The van der Waals surface area contributed by atoms with Crippen molar-refractivity contribution in [3.05, 3.63) is 105 Å². The number of nitrogens with zero attached hydrogens (tertiary/aromatic N) is 10. The fourth-order valence-electron chi connectivity index (χ4n) is 8.32. The normalized spacial score (nSPS) is 13.7. The van der Waals surface area contributed by atoms with Crippen LogP contribution in [0.5, 0.6) is 23.0 Å². The lowest BCUT2D eigenvalue weighted by Crippen LogP contribution is -2.44. The number of thiazole rings is 2. The lowest BCUT2D eigenvalue weighted by Gasteiger charge is -2.30. The largest absolute Gasteiger partial charge is 0.494 e. The number of methoxy groups -OCH3 is 4. The lowest BCUT2D eigenvalue weighted by atomic mass is 10.2. The molecule has 0 aliphatic rings. The van der Waals surface area contributed by atoms with Gasteiger partial charge in [0.25, 0.3) is 0 Å². The molecule has 2 N–H and O–H groups in total. The van der Waals surface area contributed by atoms with Crippen molar-refractivity contribution in [3.63, 3.8) is 0 Å². The van der Waals surface area contributed by atoms with Crippen molar-refractivity contribution in [1.82, 2.24) is 39.5 Å². The summed E-state index contributed by atoms with van der Waals surface area (Å²) in [5, 5.41) is 40.5. The van der Waals surface area contributed by atoms with E-state index < -0.39 is 58.9 Å². The third-order valence-electron chi connectivity index (χ3n) is 13.0. The lowest BCUT2D eigenvalue weighted by molar-refractivity contribution is 0.171. The van der Waals surface area contributed by atoms with Crippen molar-refractivity contribution in [2.24, 2.45) is 0 Å². The molecule has 432 valence electrons. The average Bonchev–Trinajstić information content (AvgIpc) is 4.30. The molecule has 2 aromatic carbocycles. The first-order chi connectivity index (χ1) is 37.8. The van der Waals surface area contributed by atoms with E-state index in [2.05, 4.69) is 69.6 Å². The molecular formula is C52H70N10O12S4Si2. The second-order valence-electron chi connectivity index (χ2n) is 21.1. The number of rotatable bonds is 24. The van der Waals surface area contributed by atoms with E-state index in [1.807, 2.05) is 0 Å². The zero-order chi connectivity index (χ0) is 58.5. The van der Waals surface area contributed by atoms with E-state index in [4.69, 9.17) is 27.8 Å². The Morgan fingerprint density at radius 3 is 1.16 bits per heavy atom. The van der Waals surface area contributed by atoms with Crippen molar-refractivity contribution in [2.45, 2.75) is 102 Å². The number of furan rings is 2. The number of aliphatic hydroxyl groups excluding tert-OH is 2. The highest BCUT2D eigenvalue weighted by atomic mass is 32.2. The standard InChI is InChI=1S/2C26H35N5O6S2Si/c2*1-17-11-12-22(37-17)25-28-29-26(31(25)23-20(35-3)9-8-10-21(23)36-4)30(13-14-40(5,6)7)39(33,34)18(2)24(32)19-15-38-16-27-19/h2*8-12,15-16,18,24,32H,13-14H2,1-7H3/t2*18-,24+/m10/s1. The minimum absolute atomic E-state index is 0.0300. The van der Waals surface area contributed by atoms with Crippen LogP contribution >= 0.6 is 22.7 Å². The Hall–Kier alpha value is -6.41. The van der Waals surface area contributed by atoms with Gasteiger partial charge in [-0.25, -0.2) is 35.4 Å². The number of benzene rings is 2. The maximum Gasteiger partial charge on any atom is 0.246 e. The van der Waals surface area contributed by atoms with Crippen molar-refractivity contribution < 1.29 is 54.8 Å². The molecule has 6 aromatic heterocycles. The van der Waals surface area contributed by atoms with Gasteiger partial charge in [0.15, 0.2) is 11.5 Å². The van der Waals surface area contributed by atoms with Crippen LogP contribution in [-0.4, -0.2) is 135 Å². The number of hydrogen-bond acceptors (Lipinski definition) is 20. The summed E-state index contributed by atoms with van der Waals surface area (Å²) in [6, 6.07) is 18.9. The van der Waals surface area contributed by atoms with E-state index in [9.17, 15) is 27.0 Å². The zero-order valence-corrected chi connectivity index (χ0v) is 52.6. The first kappa shape index (κ1) is 61.2. The average molecular weight is 1210 g/mol. The van der Waals surface area contributed by atoms with Crippen LogP contribution in [0.4, 0.5) is 11.9 Å². The van der Waals surface area contributed by atoms with Gasteiger partial charge in [0.05, 0.1) is 50.8 Å². The van der Waals surface area contributed by atoms with E-state index in [1.165, 1.54) is 73.6 Å². The van der Waals surface area contributed by atoms with Crippen LogP contribution in [0, 0.1) is 13.8 Å². The van der Waals surface area contributed by atoms with E-state index >= 15 is 0 Å². The van der Waals surface area contributed by atoms with Gasteiger partial charge < -0.3 is 38.0 Å². The molecule has 28 heteroatoms. The molecule has 8 rings (SSSR count). The van der Waals surface area contributed by atoms with Gasteiger partial charge in [-0.05, 0) is 88.3 Å². The van der Waals surface area contributed by atoms with Crippen molar-refractivity contribution in [1.29, 1.82) is 0 Å². The Morgan fingerprint density at radius 1 is 0.562 bits per heavy atom. The number of aliphatic hydroxyl groups is 2. The number of ether oxygens (including phenoxy) is 4. The van der Waals surface area contributed by atoms with Gasteiger partial charge in [-0.2, -0.15) is 0 Å². The third kappa shape index (κ3) is 13.3. The van der Waals surface area contributed by atoms with E-state index in [1.54, 1.807) is 105 Å². The van der Waals surface area contributed by atoms with E-state index in [0.717, 1.165) is 0 Å². The summed E-state index contributed by atoms with van der Waals surface area (Å²) >= 11 is 2.57. The molecule has 0 spiro atoms. The van der Waals surface area contributed by atoms with Crippen LogP contribution in [0.25, 0.3) is 34.5 Å². The van der Waals surface area contributed by atoms with Gasteiger partial charge >= 0.3 is 0 Å².